The Morgan fingerprint density at radius 2 is 2.10 bits per heavy atom. The molecule has 2 nitrogen and oxygen atoms in total. The van der Waals surface area contributed by atoms with Gasteiger partial charge in [0, 0.05) is 21.0 Å². The highest BCUT2D eigenvalue weighted by Crippen LogP contribution is 2.35. The summed E-state index contributed by atoms with van der Waals surface area (Å²) in [5.74, 6) is 0.862. The van der Waals surface area contributed by atoms with Crippen LogP contribution < -0.4 is 0 Å². The van der Waals surface area contributed by atoms with Crippen LogP contribution in [0.3, 0.4) is 0 Å². The molecule has 20 heavy (non-hydrogen) atoms. The van der Waals surface area contributed by atoms with Gasteiger partial charge in [-0.25, -0.2) is 9.97 Å². The third-order valence-corrected chi connectivity index (χ3v) is 5.61. The van der Waals surface area contributed by atoms with Crippen LogP contribution in [0, 0.1) is 13.8 Å². The first-order chi connectivity index (χ1) is 9.65. The molecule has 2 heterocycles. The van der Waals surface area contributed by atoms with E-state index in [2.05, 4.69) is 29.9 Å². The second kappa shape index (κ2) is 5.72. The summed E-state index contributed by atoms with van der Waals surface area (Å²) in [6.07, 6.45) is 1.65. The number of nitrogens with zero attached hydrogens (tertiary/aromatic N) is 2. The van der Waals surface area contributed by atoms with E-state index in [0.717, 1.165) is 20.6 Å². The van der Waals surface area contributed by atoms with Crippen molar-refractivity contribution in [2.75, 3.05) is 0 Å². The van der Waals surface area contributed by atoms with E-state index in [9.17, 15) is 0 Å². The summed E-state index contributed by atoms with van der Waals surface area (Å²) >= 11 is 9.48. The summed E-state index contributed by atoms with van der Waals surface area (Å²) in [4.78, 5) is 11.2. The van der Waals surface area contributed by atoms with Gasteiger partial charge in [-0.2, -0.15) is 0 Å². The highest BCUT2D eigenvalue weighted by Gasteiger charge is 2.12. The van der Waals surface area contributed by atoms with Crippen LogP contribution in [0.25, 0.3) is 10.2 Å². The number of aromatic nitrogens is 2. The molecular formula is C15H13ClN2S2. The smallest absolute Gasteiger partial charge is 0.128 e. The molecule has 0 atom stereocenters. The van der Waals surface area contributed by atoms with Gasteiger partial charge in [-0.15, -0.1) is 23.1 Å². The summed E-state index contributed by atoms with van der Waals surface area (Å²) in [5, 5.41) is 3.03. The second-order valence-electron chi connectivity index (χ2n) is 4.56. The summed E-state index contributed by atoms with van der Waals surface area (Å²) in [6, 6.07) is 7.96. The zero-order valence-electron chi connectivity index (χ0n) is 11.2. The van der Waals surface area contributed by atoms with Crippen LogP contribution in [0.15, 0.2) is 35.6 Å². The molecule has 0 radical (unpaired) electrons. The summed E-state index contributed by atoms with van der Waals surface area (Å²) < 4.78 is 0. The third kappa shape index (κ3) is 2.68. The fourth-order valence-electron chi connectivity index (χ4n) is 2.04. The van der Waals surface area contributed by atoms with E-state index in [-0.39, 0.29) is 0 Å². The molecule has 0 aliphatic carbocycles. The van der Waals surface area contributed by atoms with Crippen LogP contribution in [-0.2, 0) is 5.75 Å². The molecule has 3 aromatic rings. The predicted molar refractivity (Wildman–Crippen MR) is 87.9 cm³/mol. The quantitative estimate of drug-likeness (QED) is 0.486. The molecule has 1 aromatic carbocycles. The highest BCUT2D eigenvalue weighted by atomic mass is 35.5. The maximum atomic E-state index is 6.02. The molecule has 3 rings (SSSR count). The average molecular weight is 321 g/mol. The standard InChI is InChI=1S/C15H13ClN2S2/c1-9-10(2)20-15-13(9)14(17-8-18-15)19-7-11-4-3-5-12(16)6-11/h3-6,8H,7H2,1-2H3. The minimum atomic E-state index is 0.776. The average Bonchev–Trinajstić information content (AvgIpc) is 2.73. The van der Waals surface area contributed by atoms with Crippen molar-refractivity contribution >= 4 is 44.9 Å². The number of thioether (sulfide) groups is 1. The van der Waals surface area contributed by atoms with Crippen LogP contribution in [0.5, 0.6) is 0 Å². The number of thiophene rings is 1. The van der Waals surface area contributed by atoms with E-state index < -0.39 is 0 Å². The highest BCUT2D eigenvalue weighted by molar-refractivity contribution is 7.98. The van der Waals surface area contributed by atoms with Gasteiger partial charge in [0.25, 0.3) is 0 Å². The molecule has 0 unspecified atom stereocenters. The Labute approximate surface area is 131 Å². The Morgan fingerprint density at radius 3 is 2.90 bits per heavy atom. The molecule has 0 amide bonds. The van der Waals surface area contributed by atoms with Crippen molar-refractivity contribution in [3.05, 3.63) is 51.6 Å². The molecule has 0 N–H and O–H groups in total. The second-order valence-corrected chi connectivity index (χ2v) is 7.16. The first-order valence-electron chi connectivity index (χ1n) is 6.23. The SMILES string of the molecule is Cc1sc2ncnc(SCc3cccc(Cl)c3)c2c1C. The number of aryl methyl sites for hydroxylation is 2. The van der Waals surface area contributed by atoms with E-state index in [1.54, 1.807) is 29.4 Å². The predicted octanol–water partition coefficient (Wildman–Crippen LogP) is 5.25. The molecule has 0 aliphatic rings. The monoisotopic (exact) mass is 320 g/mol. The Hall–Kier alpha value is -1.10. The van der Waals surface area contributed by atoms with Crippen molar-refractivity contribution < 1.29 is 0 Å². The maximum absolute atomic E-state index is 6.02. The van der Waals surface area contributed by atoms with Gasteiger partial charge in [-0.3, -0.25) is 0 Å². The van der Waals surface area contributed by atoms with Crippen molar-refractivity contribution in [2.45, 2.75) is 24.6 Å². The molecule has 5 heteroatoms. The Kier molecular flexibility index (Phi) is 3.96. The van der Waals surface area contributed by atoms with Gasteiger partial charge in [0.15, 0.2) is 0 Å². The number of hydrogen-bond donors (Lipinski definition) is 0. The molecule has 102 valence electrons. The fourth-order valence-corrected chi connectivity index (χ4v) is 4.31. The summed E-state index contributed by atoms with van der Waals surface area (Å²) in [7, 11) is 0. The van der Waals surface area contributed by atoms with Crippen LogP contribution in [-0.4, -0.2) is 9.97 Å². The number of fused-ring (bicyclic) bond motifs is 1. The third-order valence-electron chi connectivity index (χ3n) is 3.20. The number of hydrogen-bond acceptors (Lipinski definition) is 4. The molecule has 2 aromatic heterocycles. The molecular weight excluding hydrogens is 308 g/mol. The van der Waals surface area contributed by atoms with Crippen molar-refractivity contribution in [2.24, 2.45) is 0 Å². The van der Waals surface area contributed by atoms with Crippen molar-refractivity contribution in [1.29, 1.82) is 0 Å². The molecule has 0 saturated carbocycles. The fraction of sp³-hybridized carbons (Fsp3) is 0.200. The molecule has 0 spiro atoms. The van der Waals surface area contributed by atoms with E-state index >= 15 is 0 Å². The first-order valence-corrected chi connectivity index (χ1v) is 8.41. The Morgan fingerprint density at radius 1 is 1.25 bits per heavy atom. The lowest BCUT2D eigenvalue weighted by Crippen LogP contribution is -1.87. The minimum Gasteiger partial charge on any atom is -0.229 e. The maximum Gasteiger partial charge on any atom is 0.128 e. The van der Waals surface area contributed by atoms with Gasteiger partial charge in [-0.1, -0.05) is 23.7 Å². The van der Waals surface area contributed by atoms with E-state index in [4.69, 9.17) is 11.6 Å². The minimum absolute atomic E-state index is 0.776. The van der Waals surface area contributed by atoms with Gasteiger partial charge in [0.05, 0.1) is 0 Å². The topological polar surface area (TPSA) is 25.8 Å². The van der Waals surface area contributed by atoms with Crippen LogP contribution in [0.1, 0.15) is 16.0 Å². The van der Waals surface area contributed by atoms with Crippen molar-refractivity contribution in [3.8, 4) is 0 Å². The van der Waals surface area contributed by atoms with E-state index in [1.165, 1.54) is 21.4 Å². The van der Waals surface area contributed by atoms with Crippen molar-refractivity contribution in [3.63, 3.8) is 0 Å². The molecule has 0 aliphatic heterocycles. The largest absolute Gasteiger partial charge is 0.229 e. The van der Waals surface area contributed by atoms with Crippen LogP contribution in [0.2, 0.25) is 5.02 Å². The molecule has 0 fully saturated rings. The van der Waals surface area contributed by atoms with Crippen molar-refractivity contribution in [1.82, 2.24) is 9.97 Å². The van der Waals surface area contributed by atoms with E-state index in [1.807, 2.05) is 18.2 Å². The number of rotatable bonds is 3. The Bertz CT molecular complexity index is 768. The van der Waals surface area contributed by atoms with Gasteiger partial charge in [-0.05, 0) is 37.1 Å². The lowest BCUT2D eigenvalue weighted by Gasteiger charge is -2.04. The lowest BCUT2D eigenvalue weighted by molar-refractivity contribution is 1.10. The van der Waals surface area contributed by atoms with E-state index in [0.29, 0.717) is 0 Å². The zero-order valence-corrected chi connectivity index (χ0v) is 13.6. The molecule has 0 saturated heterocycles. The van der Waals surface area contributed by atoms with Crippen LogP contribution >= 0.6 is 34.7 Å². The Balaban J connectivity index is 1.91. The van der Waals surface area contributed by atoms with Gasteiger partial charge in [0.1, 0.15) is 16.2 Å². The first kappa shape index (κ1) is 13.9. The summed E-state index contributed by atoms with van der Waals surface area (Å²) in [6.45, 7) is 4.27. The molecule has 0 bridgehead atoms. The van der Waals surface area contributed by atoms with Gasteiger partial charge >= 0.3 is 0 Å². The van der Waals surface area contributed by atoms with Gasteiger partial charge < -0.3 is 0 Å². The number of halogens is 1. The lowest BCUT2D eigenvalue weighted by atomic mass is 10.2. The van der Waals surface area contributed by atoms with Crippen LogP contribution in [0.4, 0.5) is 0 Å². The zero-order chi connectivity index (χ0) is 14.1. The summed E-state index contributed by atoms with van der Waals surface area (Å²) in [5.41, 5.74) is 2.50. The number of benzene rings is 1. The van der Waals surface area contributed by atoms with Gasteiger partial charge in [0.2, 0.25) is 0 Å². The normalized spacial score (nSPS) is 11.2.